The van der Waals surface area contributed by atoms with Gasteiger partial charge in [0.2, 0.25) is 10.0 Å². The van der Waals surface area contributed by atoms with Gasteiger partial charge in [0.25, 0.3) is 0 Å². The van der Waals surface area contributed by atoms with Gasteiger partial charge >= 0.3 is 0 Å². The summed E-state index contributed by atoms with van der Waals surface area (Å²) in [5.74, 6) is 0.0873. The molecule has 0 atom stereocenters. The summed E-state index contributed by atoms with van der Waals surface area (Å²) in [6.45, 7) is 5.66. The fourth-order valence-corrected chi connectivity index (χ4v) is 5.46. The van der Waals surface area contributed by atoms with Crippen molar-refractivity contribution >= 4 is 20.9 Å². The molecule has 5 nitrogen and oxygen atoms in total. The van der Waals surface area contributed by atoms with Crippen LogP contribution in [0.3, 0.4) is 0 Å². The first-order valence-corrected chi connectivity index (χ1v) is 11.4. The van der Waals surface area contributed by atoms with Crippen LogP contribution in [0.4, 0.5) is 0 Å². The number of aryl methyl sites for hydroxylation is 1. The second-order valence-electron chi connectivity index (χ2n) is 7.60. The molecular formula is C22H27N3O2S. The smallest absolute Gasteiger partial charge is 0.218 e. The average molecular weight is 398 g/mol. The summed E-state index contributed by atoms with van der Waals surface area (Å²) >= 11 is 0. The monoisotopic (exact) mass is 397 g/mol. The highest BCUT2D eigenvalue weighted by Crippen LogP contribution is 2.19. The van der Waals surface area contributed by atoms with Gasteiger partial charge in [-0.1, -0.05) is 48.0 Å². The van der Waals surface area contributed by atoms with Crippen LogP contribution in [-0.2, 0) is 22.2 Å². The van der Waals surface area contributed by atoms with Crippen molar-refractivity contribution in [1.82, 2.24) is 14.2 Å². The van der Waals surface area contributed by atoms with Crippen LogP contribution in [0.25, 0.3) is 10.9 Å². The normalized spacial score (nSPS) is 16.6. The zero-order valence-electron chi connectivity index (χ0n) is 16.3. The second-order valence-corrected chi connectivity index (χ2v) is 9.56. The number of aromatic amines is 1. The van der Waals surface area contributed by atoms with Gasteiger partial charge in [-0.2, -0.15) is 4.31 Å². The molecule has 1 aliphatic rings. The Kier molecular flexibility index (Phi) is 5.53. The summed E-state index contributed by atoms with van der Waals surface area (Å²) in [5, 5.41) is 1.28. The second kappa shape index (κ2) is 8.07. The number of benzene rings is 2. The Labute approximate surface area is 167 Å². The molecule has 6 heteroatoms. The number of hydrogen-bond acceptors (Lipinski definition) is 3. The highest BCUT2D eigenvalue weighted by Gasteiger charge is 2.27. The van der Waals surface area contributed by atoms with Crippen LogP contribution in [0, 0.1) is 6.92 Å². The SMILES string of the molecule is Cc1cccc(CS(=O)(=O)N2CCN(CCc3c[nH]c4ccccc34)CC2)c1. The molecular weight excluding hydrogens is 370 g/mol. The lowest BCUT2D eigenvalue weighted by molar-refractivity contribution is 0.190. The van der Waals surface area contributed by atoms with E-state index in [4.69, 9.17) is 0 Å². The summed E-state index contributed by atoms with van der Waals surface area (Å²) in [6, 6.07) is 16.1. The van der Waals surface area contributed by atoms with Crippen molar-refractivity contribution in [1.29, 1.82) is 0 Å². The molecule has 1 saturated heterocycles. The van der Waals surface area contributed by atoms with Gasteiger partial charge in [0.15, 0.2) is 0 Å². The number of para-hydroxylation sites is 1. The molecule has 1 aromatic heterocycles. The lowest BCUT2D eigenvalue weighted by Crippen LogP contribution is -2.49. The fraction of sp³-hybridized carbons (Fsp3) is 0.364. The van der Waals surface area contributed by atoms with Crippen LogP contribution < -0.4 is 0 Å². The lowest BCUT2D eigenvalue weighted by atomic mass is 10.1. The number of nitrogens with one attached hydrogen (secondary N) is 1. The maximum atomic E-state index is 12.8. The molecule has 1 N–H and O–H groups in total. The van der Waals surface area contributed by atoms with E-state index in [0.29, 0.717) is 13.1 Å². The van der Waals surface area contributed by atoms with Gasteiger partial charge in [-0.25, -0.2) is 8.42 Å². The Morgan fingerprint density at radius 1 is 1.00 bits per heavy atom. The first kappa shape index (κ1) is 19.2. The zero-order valence-corrected chi connectivity index (χ0v) is 17.1. The van der Waals surface area contributed by atoms with Gasteiger partial charge in [-0.05, 0) is 30.5 Å². The Morgan fingerprint density at radius 3 is 2.57 bits per heavy atom. The molecule has 1 aliphatic heterocycles. The molecule has 0 bridgehead atoms. The van der Waals surface area contributed by atoms with Crippen LogP contribution >= 0.6 is 0 Å². The predicted octanol–water partition coefficient (Wildman–Crippen LogP) is 3.17. The molecule has 1 fully saturated rings. The molecule has 0 spiro atoms. The number of H-pyrrole nitrogens is 1. The largest absolute Gasteiger partial charge is 0.361 e. The van der Waals surface area contributed by atoms with Crippen molar-refractivity contribution in [3.8, 4) is 0 Å². The summed E-state index contributed by atoms with van der Waals surface area (Å²) in [5.41, 5.74) is 4.45. The highest BCUT2D eigenvalue weighted by atomic mass is 32.2. The van der Waals surface area contributed by atoms with E-state index in [9.17, 15) is 8.42 Å². The molecule has 0 saturated carbocycles. The van der Waals surface area contributed by atoms with Gasteiger partial charge in [0.1, 0.15) is 0 Å². The van der Waals surface area contributed by atoms with E-state index in [-0.39, 0.29) is 5.75 Å². The van der Waals surface area contributed by atoms with Gasteiger partial charge in [-0.15, -0.1) is 0 Å². The van der Waals surface area contributed by atoms with Crippen LogP contribution in [-0.4, -0.2) is 55.3 Å². The Bertz CT molecular complexity index is 1050. The van der Waals surface area contributed by atoms with Crippen LogP contribution in [0.15, 0.2) is 54.7 Å². The summed E-state index contributed by atoms with van der Waals surface area (Å²) in [6.07, 6.45) is 3.06. The number of rotatable bonds is 6. The molecule has 0 amide bonds. The fourth-order valence-electron chi connectivity index (χ4n) is 3.95. The van der Waals surface area contributed by atoms with E-state index in [2.05, 4.69) is 34.3 Å². The summed E-state index contributed by atoms with van der Waals surface area (Å²) < 4.78 is 27.2. The third kappa shape index (κ3) is 4.29. The number of nitrogens with zero attached hydrogens (tertiary/aromatic N) is 2. The van der Waals surface area contributed by atoms with Crippen molar-refractivity contribution in [2.24, 2.45) is 0 Å². The Hall–Kier alpha value is -2.15. The maximum Gasteiger partial charge on any atom is 0.218 e. The van der Waals surface area contributed by atoms with E-state index in [1.165, 1.54) is 16.5 Å². The number of piperazine rings is 1. The molecule has 0 unspecified atom stereocenters. The van der Waals surface area contributed by atoms with E-state index < -0.39 is 10.0 Å². The molecule has 0 radical (unpaired) electrons. The van der Waals surface area contributed by atoms with Crippen molar-refractivity contribution < 1.29 is 8.42 Å². The third-order valence-corrected chi connectivity index (χ3v) is 7.38. The molecule has 0 aliphatic carbocycles. The zero-order chi connectivity index (χ0) is 19.6. The maximum absolute atomic E-state index is 12.8. The number of aromatic nitrogens is 1. The van der Waals surface area contributed by atoms with Crippen molar-refractivity contribution in [3.63, 3.8) is 0 Å². The predicted molar refractivity (Wildman–Crippen MR) is 114 cm³/mol. The third-order valence-electron chi connectivity index (χ3n) is 5.53. The van der Waals surface area contributed by atoms with Crippen LogP contribution in [0.5, 0.6) is 0 Å². The first-order chi connectivity index (χ1) is 13.5. The van der Waals surface area contributed by atoms with E-state index >= 15 is 0 Å². The van der Waals surface area contributed by atoms with Gasteiger partial charge in [0.05, 0.1) is 5.75 Å². The minimum atomic E-state index is -3.26. The minimum Gasteiger partial charge on any atom is -0.361 e. The minimum absolute atomic E-state index is 0.0873. The van der Waals surface area contributed by atoms with Gasteiger partial charge in [-0.3, -0.25) is 0 Å². The highest BCUT2D eigenvalue weighted by molar-refractivity contribution is 7.88. The quantitative estimate of drug-likeness (QED) is 0.695. The summed E-state index contributed by atoms with van der Waals surface area (Å²) in [7, 11) is -3.26. The molecule has 28 heavy (non-hydrogen) atoms. The first-order valence-electron chi connectivity index (χ1n) is 9.82. The standard InChI is InChI=1S/C22H27N3O2S/c1-18-5-4-6-19(15-18)17-28(26,27)25-13-11-24(12-14-25)10-9-20-16-23-22-8-3-2-7-21(20)22/h2-8,15-16,23H,9-14,17H2,1H3. The Morgan fingerprint density at radius 2 is 1.79 bits per heavy atom. The number of hydrogen-bond donors (Lipinski definition) is 1. The molecule has 148 valence electrons. The number of fused-ring (bicyclic) bond motifs is 1. The Balaban J connectivity index is 1.31. The van der Waals surface area contributed by atoms with E-state index in [0.717, 1.165) is 37.2 Å². The van der Waals surface area contributed by atoms with Crippen LogP contribution in [0.1, 0.15) is 16.7 Å². The van der Waals surface area contributed by atoms with E-state index in [1.54, 1.807) is 4.31 Å². The molecule has 4 rings (SSSR count). The molecule has 2 aromatic carbocycles. The molecule has 3 aromatic rings. The summed E-state index contributed by atoms with van der Waals surface area (Å²) in [4.78, 5) is 5.69. The number of sulfonamides is 1. The lowest BCUT2D eigenvalue weighted by Gasteiger charge is -2.34. The van der Waals surface area contributed by atoms with E-state index in [1.807, 2.05) is 37.3 Å². The van der Waals surface area contributed by atoms with Crippen molar-refractivity contribution in [3.05, 3.63) is 71.4 Å². The topological polar surface area (TPSA) is 56.4 Å². The van der Waals surface area contributed by atoms with Gasteiger partial charge in [0, 0.05) is 49.8 Å². The van der Waals surface area contributed by atoms with Crippen LogP contribution in [0.2, 0.25) is 0 Å². The van der Waals surface area contributed by atoms with Gasteiger partial charge < -0.3 is 9.88 Å². The van der Waals surface area contributed by atoms with Crippen molar-refractivity contribution in [2.75, 3.05) is 32.7 Å². The molecule has 2 heterocycles. The average Bonchev–Trinajstić information content (AvgIpc) is 3.10. The van der Waals surface area contributed by atoms with Crippen molar-refractivity contribution in [2.45, 2.75) is 19.1 Å².